The van der Waals surface area contributed by atoms with Crippen LogP contribution in [-0.4, -0.2) is 65.7 Å². The first-order valence-electron chi connectivity index (χ1n) is 12.1. The van der Waals surface area contributed by atoms with Crippen LogP contribution in [0.5, 0.6) is 0 Å². The van der Waals surface area contributed by atoms with E-state index in [4.69, 9.17) is 29.0 Å². The van der Waals surface area contributed by atoms with Crippen molar-refractivity contribution < 1.29 is 43.3 Å². The first kappa shape index (κ1) is 27.3. The average Bonchev–Trinajstić information content (AvgIpc) is 3.67. The second-order valence-corrected chi connectivity index (χ2v) is 13.6. The van der Waals surface area contributed by atoms with Crippen LogP contribution in [0.3, 0.4) is 0 Å². The van der Waals surface area contributed by atoms with Crippen LogP contribution in [0.4, 0.5) is 5.82 Å². The molecule has 0 radical (unpaired) electrons. The number of aliphatic hydroxyl groups is 2. The number of nitrogens with one attached hydrogen (secondary N) is 1. The zero-order chi connectivity index (χ0) is 27.1. The molecule has 2 aromatic carbocycles. The Kier molecular flexibility index (Phi) is 7.72. The molecule has 1 saturated carbocycles. The molecule has 3 aromatic rings. The van der Waals surface area contributed by atoms with Crippen molar-refractivity contribution in [2.75, 3.05) is 17.8 Å². The summed E-state index contributed by atoms with van der Waals surface area (Å²) in [5.74, 6) is 0.353. The van der Waals surface area contributed by atoms with Gasteiger partial charge in [0.15, 0.2) is 5.90 Å². The lowest BCUT2D eigenvalue weighted by Crippen LogP contribution is -2.33. The van der Waals surface area contributed by atoms with Crippen LogP contribution in [0.1, 0.15) is 41.8 Å². The first-order valence-corrected chi connectivity index (χ1v) is 15.7. The monoisotopic (exact) mass is 565 g/mol. The van der Waals surface area contributed by atoms with Crippen molar-refractivity contribution >= 4 is 31.9 Å². The summed E-state index contributed by atoms with van der Waals surface area (Å²) in [4.78, 5) is 37.1. The molecule has 1 aromatic heterocycles. The van der Waals surface area contributed by atoms with Crippen LogP contribution in [-0.2, 0) is 24.9 Å². The Morgan fingerprint density at radius 2 is 1.74 bits per heavy atom. The molecule has 2 fully saturated rings. The van der Waals surface area contributed by atoms with E-state index in [0.717, 1.165) is 29.6 Å². The highest BCUT2D eigenvalue weighted by Gasteiger charge is 2.45. The molecule has 5 atom stereocenters. The number of anilines is 1. The van der Waals surface area contributed by atoms with Crippen molar-refractivity contribution in [1.82, 2.24) is 9.97 Å². The number of fused-ring (bicyclic) bond motifs is 1. The van der Waals surface area contributed by atoms with Crippen molar-refractivity contribution in [2.45, 2.75) is 49.7 Å². The molecule has 1 aliphatic heterocycles. The van der Waals surface area contributed by atoms with Crippen molar-refractivity contribution in [3.8, 4) is 0 Å². The fraction of sp³-hybridized carbons (Fsp3) is 0.417. The fourth-order valence-electron chi connectivity index (χ4n) is 4.41. The summed E-state index contributed by atoms with van der Waals surface area (Å²) in [5, 5.41) is 25.3. The summed E-state index contributed by atoms with van der Waals surface area (Å²) >= 11 is 0. The molecule has 204 valence electrons. The average molecular weight is 565 g/mol. The lowest BCUT2D eigenvalue weighted by atomic mass is 10.0. The van der Waals surface area contributed by atoms with Crippen molar-refractivity contribution in [3.63, 3.8) is 0 Å². The highest BCUT2D eigenvalue weighted by atomic mass is 31.2. The molecule has 1 saturated heterocycles. The molecule has 0 bridgehead atoms. The third-order valence-corrected chi connectivity index (χ3v) is 9.93. The quantitative estimate of drug-likeness (QED) is 0.197. The highest BCUT2D eigenvalue weighted by Crippen LogP contribution is 2.55. The summed E-state index contributed by atoms with van der Waals surface area (Å²) in [7, 11) is -9.44. The smallest absolute Gasteiger partial charge is 0.340 e. The van der Waals surface area contributed by atoms with Gasteiger partial charge in [0.2, 0.25) is 0 Å². The molecular formula is C24H29N3O9P2. The van der Waals surface area contributed by atoms with Gasteiger partial charge in [0.1, 0.15) is 36.1 Å². The van der Waals surface area contributed by atoms with Gasteiger partial charge in [0.25, 0.3) is 0 Å². The molecule has 5 rings (SSSR count). The van der Waals surface area contributed by atoms with E-state index in [-0.39, 0.29) is 0 Å². The van der Waals surface area contributed by atoms with Gasteiger partial charge in [-0.2, -0.15) is 0 Å². The number of aromatic nitrogens is 2. The lowest BCUT2D eigenvalue weighted by molar-refractivity contribution is -0.0186. The summed E-state index contributed by atoms with van der Waals surface area (Å²) in [6.07, 6.45) is -2.99. The van der Waals surface area contributed by atoms with Gasteiger partial charge in [-0.25, -0.2) is 9.97 Å². The van der Waals surface area contributed by atoms with E-state index in [2.05, 4.69) is 5.32 Å². The van der Waals surface area contributed by atoms with Crippen LogP contribution in [0.15, 0.2) is 48.5 Å². The number of hydrogen-bond acceptors (Lipinski definition) is 9. The molecule has 1 aliphatic carbocycles. The van der Waals surface area contributed by atoms with Crippen molar-refractivity contribution in [2.24, 2.45) is 0 Å². The van der Waals surface area contributed by atoms with Crippen LogP contribution in [0, 0.1) is 0 Å². The van der Waals surface area contributed by atoms with Crippen LogP contribution in [0.2, 0.25) is 0 Å². The summed E-state index contributed by atoms with van der Waals surface area (Å²) in [6, 6.07) is 15.2. The SMILES string of the molecule is O=P(O)(O)CP(=O)(O)OC[C@H]1O[C@@H](c2ccc3c(NCc4ccccc4)nc(C4CC4)nc3c2)[C@H](O)[C@@H]1O. The van der Waals surface area contributed by atoms with Gasteiger partial charge in [-0.1, -0.05) is 36.4 Å². The number of benzene rings is 2. The van der Waals surface area contributed by atoms with Gasteiger partial charge in [0, 0.05) is 17.8 Å². The largest absolute Gasteiger partial charge is 0.387 e. The third kappa shape index (κ3) is 6.48. The topological polar surface area (TPSA) is 192 Å². The normalized spacial score (nSPS) is 25.4. The van der Waals surface area contributed by atoms with Crippen molar-refractivity contribution in [3.05, 3.63) is 65.5 Å². The summed E-state index contributed by atoms with van der Waals surface area (Å²) < 4.78 is 33.6. The van der Waals surface area contributed by atoms with E-state index in [9.17, 15) is 24.2 Å². The van der Waals surface area contributed by atoms with Crippen LogP contribution in [0.25, 0.3) is 10.9 Å². The van der Waals surface area contributed by atoms with Crippen molar-refractivity contribution in [1.29, 1.82) is 0 Å². The van der Waals surface area contributed by atoms with Gasteiger partial charge in [-0.15, -0.1) is 0 Å². The summed E-state index contributed by atoms with van der Waals surface area (Å²) in [6.45, 7) is -0.0640. The predicted molar refractivity (Wildman–Crippen MR) is 138 cm³/mol. The Morgan fingerprint density at radius 3 is 2.42 bits per heavy atom. The maximum absolute atomic E-state index is 12.0. The molecular weight excluding hydrogens is 536 g/mol. The van der Waals surface area contributed by atoms with E-state index in [1.54, 1.807) is 12.1 Å². The van der Waals surface area contributed by atoms with E-state index in [1.165, 1.54) is 0 Å². The van der Waals surface area contributed by atoms with Gasteiger partial charge in [0.05, 0.1) is 12.1 Å². The van der Waals surface area contributed by atoms with E-state index in [0.29, 0.717) is 29.4 Å². The minimum Gasteiger partial charge on any atom is -0.387 e. The minimum atomic E-state index is -4.80. The standard InChI is InChI=1S/C24H29N3O9P2/c28-20-19(12-35-38(33,34)13-37(30,31)32)36-22(21(20)29)16-8-9-17-18(10-16)26-23(15-6-7-15)27-24(17)25-11-14-4-2-1-3-5-14/h1-5,8-10,15,19-22,28-29H,6-7,11-13H2,(H,33,34)(H,25,26,27)(H2,30,31,32)/t19-,20-,21-,22+/m1/s1. The number of aliphatic hydroxyl groups excluding tert-OH is 2. The first-order chi connectivity index (χ1) is 18.0. The number of rotatable bonds is 10. The van der Waals surface area contributed by atoms with E-state index < -0.39 is 52.1 Å². The Bertz CT molecular complexity index is 1400. The number of hydrogen-bond donors (Lipinski definition) is 6. The third-order valence-electron chi connectivity index (χ3n) is 6.48. The molecule has 2 heterocycles. The number of nitrogens with zero attached hydrogens (tertiary/aromatic N) is 2. The molecule has 0 spiro atoms. The molecule has 2 aliphatic rings. The van der Waals surface area contributed by atoms with Crippen LogP contribution < -0.4 is 5.32 Å². The van der Waals surface area contributed by atoms with Gasteiger partial charge >= 0.3 is 15.2 Å². The molecule has 6 N–H and O–H groups in total. The zero-order valence-corrected chi connectivity index (χ0v) is 22.0. The Labute approximate surface area is 218 Å². The molecule has 12 nitrogen and oxygen atoms in total. The minimum absolute atomic E-state index is 0.291. The van der Waals surface area contributed by atoms with Gasteiger partial charge in [-0.3, -0.25) is 9.13 Å². The maximum atomic E-state index is 12.0. The van der Waals surface area contributed by atoms with Gasteiger partial charge in [-0.05, 0) is 36.1 Å². The molecule has 1 unspecified atom stereocenters. The molecule has 0 amide bonds. The lowest BCUT2D eigenvalue weighted by Gasteiger charge is -2.18. The van der Waals surface area contributed by atoms with Gasteiger partial charge < -0.3 is 39.5 Å². The number of ether oxygens (including phenoxy) is 1. The highest BCUT2D eigenvalue weighted by molar-refractivity contribution is 7.70. The summed E-state index contributed by atoms with van der Waals surface area (Å²) in [5.41, 5.74) is 2.27. The predicted octanol–water partition coefficient (Wildman–Crippen LogP) is 2.62. The Hall–Kier alpha value is -2.24. The second kappa shape index (κ2) is 10.7. The second-order valence-electron chi connectivity index (χ2n) is 9.64. The molecule has 14 heteroatoms. The van der Waals surface area contributed by atoms with E-state index >= 15 is 0 Å². The fourth-order valence-corrected chi connectivity index (χ4v) is 6.98. The molecule has 38 heavy (non-hydrogen) atoms. The van der Waals surface area contributed by atoms with E-state index in [1.807, 2.05) is 36.4 Å². The zero-order valence-electron chi connectivity index (χ0n) is 20.2. The van der Waals surface area contributed by atoms with Crippen LogP contribution >= 0.6 is 15.2 Å². The Morgan fingerprint density at radius 1 is 1.00 bits per heavy atom. The maximum Gasteiger partial charge on any atom is 0.340 e. The Balaban J connectivity index is 1.35.